The Labute approximate surface area is 189 Å². The van der Waals surface area contributed by atoms with Gasteiger partial charge in [-0.1, -0.05) is 26.3 Å². The molecule has 2 bridgehead atoms. The number of hydrogen-bond acceptors (Lipinski definition) is 6. The Bertz CT molecular complexity index is 731. The molecule has 1 spiro atoms. The Morgan fingerprint density at radius 1 is 1.45 bits per heavy atom. The standard InChI is InChI=1S/C23H36N2O5S/c1-6-9-15(5)24(10-7-2)21(28)19-23-14(4)13-16(31-23)17(22(29)30-8-3)18(23)20(27)25(19)11-12-26/h7,14-19,26H,2,6,8-13H2,1,3-5H3/t14?,15?,16-,17+,18-,19?,23?/m0/s1. The van der Waals surface area contributed by atoms with Crippen molar-refractivity contribution in [3.63, 3.8) is 0 Å². The summed E-state index contributed by atoms with van der Waals surface area (Å²) in [6, 6.07) is -0.683. The Kier molecular flexibility index (Phi) is 7.41. The molecular formula is C23H36N2O5S. The van der Waals surface area contributed by atoms with Crippen LogP contribution in [-0.4, -0.2) is 81.1 Å². The van der Waals surface area contributed by atoms with Crippen LogP contribution in [0.1, 0.15) is 47.0 Å². The molecule has 3 aliphatic heterocycles. The third-order valence-electron chi connectivity index (χ3n) is 7.23. The summed E-state index contributed by atoms with van der Waals surface area (Å²) in [6.07, 6.45) is 4.29. The zero-order valence-electron chi connectivity index (χ0n) is 19.1. The van der Waals surface area contributed by atoms with E-state index >= 15 is 0 Å². The first-order chi connectivity index (χ1) is 14.8. The molecule has 1 N–H and O–H groups in total. The number of aliphatic hydroxyl groups excluding tert-OH is 1. The highest BCUT2D eigenvalue weighted by Crippen LogP contribution is 2.68. The van der Waals surface area contributed by atoms with E-state index in [2.05, 4.69) is 20.4 Å². The number of nitrogens with zero attached hydrogens (tertiary/aromatic N) is 2. The summed E-state index contributed by atoms with van der Waals surface area (Å²) in [4.78, 5) is 43.8. The van der Waals surface area contributed by atoms with Crippen LogP contribution in [0.25, 0.3) is 0 Å². The molecule has 31 heavy (non-hydrogen) atoms. The van der Waals surface area contributed by atoms with E-state index in [0.717, 1.165) is 19.3 Å². The van der Waals surface area contributed by atoms with Crippen molar-refractivity contribution in [1.29, 1.82) is 0 Å². The van der Waals surface area contributed by atoms with E-state index in [1.54, 1.807) is 29.7 Å². The lowest BCUT2D eigenvalue weighted by Gasteiger charge is -2.41. The number of ether oxygens (including phenoxy) is 1. The number of likely N-dealkylation sites (tertiary alicyclic amines) is 1. The number of esters is 1. The fourth-order valence-electron chi connectivity index (χ4n) is 6.01. The molecule has 0 aromatic rings. The van der Waals surface area contributed by atoms with Crippen molar-refractivity contribution in [1.82, 2.24) is 9.80 Å². The highest BCUT2D eigenvalue weighted by molar-refractivity contribution is 8.02. The van der Waals surface area contributed by atoms with Crippen molar-refractivity contribution in [3.8, 4) is 0 Å². The van der Waals surface area contributed by atoms with Crippen molar-refractivity contribution in [2.24, 2.45) is 17.8 Å². The van der Waals surface area contributed by atoms with Crippen molar-refractivity contribution < 1.29 is 24.2 Å². The summed E-state index contributed by atoms with van der Waals surface area (Å²) in [6.45, 7) is 12.3. The molecule has 3 fully saturated rings. The summed E-state index contributed by atoms with van der Waals surface area (Å²) in [5.41, 5.74) is 0. The Morgan fingerprint density at radius 3 is 2.74 bits per heavy atom. The number of fused-ring (bicyclic) bond motifs is 1. The molecule has 3 heterocycles. The smallest absolute Gasteiger partial charge is 0.310 e. The largest absolute Gasteiger partial charge is 0.466 e. The van der Waals surface area contributed by atoms with Crippen LogP contribution in [0.5, 0.6) is 0 Å². The number of thioether (sulfide) groups is 1. The maximum atomic E-state index is 14.0. The van der Waals surface area contributed by atoms with Crippen LogP contribution in [0.2, 0.25) is 0 Å². The first-order valence-corrected chi connectivity index (χ1v) is 12.3. The van der Waals surface area contributed by atoms with E-state index in [4.69, 9.17) is 4.74 Å². The van der Waals surface area contributed by atoms with Crippen LogP contribution in [0.3, 0.4) is 0 Å². The lowest BCUT2D eigenvalue weighted by Crippen LogP contribution is -2.58. The molecule has 4 unspecified atom stereocenters. The summed E-state index contributed by atoms with van der Waals surface area (Å²) < 4.78 is 4.66. The number of hydrogen-bond donors (Lipinski definition) is 1. The molecule has 0 saturated carbocycles. The lowest BCUT2D eigenvalue weighted by atomic mass is 9.66. The predicted octanol–water partition coefficient (Wildman–Crippen LogP) is 2.08. The van der Waals surface area contributed by atoms with Crippen LogP contribution < -0.4 is 0 Å². The average molecular weight is 453 g/mol. The minimum absolute atomic E-state index is 0.0109. The van der Waals surface area contributed by atoms with Gasteiger partial charge in [-0.25, -0.2) is 0 Å². The van der Waals surface area contributed by atoms with Crippen molar-refractivity contribution in [3.05, 3.63) is 12.7 Å². The minimum Gasteiger partial charge on any atom is -0.466 e. The Hall–Kier alpha value is -1.54. The van der Waals surface area contributed by atoms with Gasteiger partial charge in [0.1, 0.15) is 6.04 Å². The number of carbonyl (C=O) groups is 3. The van der Waals surface area contributed by atoms with Crippen LogP contribution >= 0.6 is 11.8 Å². The molecule has 174 valence electrons. The monoisotopic (exact) mass is 452 g/mol. The van der Waals surface area contributed by atoms with Gasteiger partial charge in [0.2, 0.25) is 11.8 Å². The molecule has 3 aliphatic rings. The lowest BCUT2D eigenvalue weighted by molar-refractivity contribution is -0.154. The zero-order chi connectivity index (χ0) is 22.9. The third kappa shape index (κ3) is 3.69. The molecule has 7 nitrogen and oxygen atoms in total. The van der Waals surface area contributed by atoms with E-state index in [-0.39, 0.29) is 54.8 Å². The van der Waals surface area contributed by atoms with Crippen LogP contribution in [-0.2, 0) is 19.1 Å². The fourth-order valence-corrected chi connectivity index (χ4v) is 8.41. The molecule has 0 aromatic heterocycles. The molecule has 0 radical (unpaired) electrons. The number of β-amino-alcohol motifs (C(OH)–C–C–N with tert-alkyl or cyclic N) is 1. The van der Waals surface area contributed by atoms with Gasteiger partial charge in [-0.05, 0) is 32.6 Å². The van der Waals surface area contributed by atoms with Gasteiger partial charge in [0.25, 0.3) is 0 Å². The fraction of sp³-hybridized carbons (Fsp3) is 0.783. The van der Waals surface area contributed by atoms with Crippen LogP contribution in [0, 0.1) is 17.8 Å². The van der Waals surface area contributed by atoms with Crippen LogP contribution in [0.15, 0.2) is 12.7 Å². The van der Waals surface area contributed by atoms with Crippen LogP contribution in [0.4, 0.5) is 0 Å². The highest BCUT2D eigenvalue weighted by atomic mass is 32.2. The minimum atomic E-state index is -0.694. The van der Waals surface area contributed by atoms with Gasteiger partial charge in [-0.15, -0.1) is 18.3 Å². The second kappa shape index (κ2) is 9.53. The van der Waals surface area contributed by atoms with E-state index < -0.39 is 22.6 Å². The third-order valence-corrected chi connectivity index (χ3v) is 9.30. The number of amides is 2. The van der Waals surface area contributed by atoms with Gasteiger partial charge in [0.15, 0.2) is 0 Å². The van der Waals surface area contributed by atoms with E-state index in [1.165, 1.54) is 0 Å². The molecule has 0 aliphatic carbocycles. The SMILES string of the molecule is C=CCN(C(=O)C1N(CCO)C(=O)[C@@H]2[C@H](C(=O)OCC)[C@@H]3CC(C)C12S3)C(C)CCC. The molecule has 2 amide bonds. The van der Waals surface area contributed by atoms with E-state index in [9.17, 15) is 19.5 Å². The van der Waals surface area contributed by atoms with Crippen molar-refractivity contribution in [2.75, 3.05) is 26.3 Å². The first kappa shape index (κ1) is 24.1. The molecule has 3 rings (SSSR count). The molecule has 3 saturated heterocycles. The van der Waals surface area contributed by atoms with E-state index in [1.807, 2.05) is 11.8 Å². The van der Waals surface area contributed by atoms with Crippen molar-refractivity contribution >= 4 is 29.5 Å². The van der Waals surface area contributed by atoms with Gasteiger partial charge in [-0.2, -0.15) is 0 Å². The summed E-state index contributed by atoms with van der Waals surface area (Å²) in [7, 11) is 0. The van der Waals surface area contributed by atoms with Gasteiger partial charge in [0, 0.05) is 24.4 Å². The number of aliphatic hydroxyl groups is 1. The maximum Gasteiger partial charge on any atom is 0.310 e. The van der Waals surface area contributed by atoms with Gasteiger partial charge in [0.05, 0.1) is 29.8 Å². The molecular weight excluding hydrogens is 416 g/mol. The Balaban J connectivity index is 2.06. The molecule has 0 aromatic carbocycles. The molecule has 8 heteroatoms. The summed E-state index contributed by atoms with van der Waals surface area (Å²) in [5.74, 6) is -1.66. The summed E-state index contributed by atoms with van der Waals surface area (Å²) >= 11 is 1.63. The number of carbonyl (C=O) groups excluding carboxylic acids is 3. The summed E-state index contributed by atoms with van der Waals surface area (Å²) in [5, 5.41) is 9.68. The molecule has 7 atom stereocenters. The Morgan fingerprint density at radius 2 is 2.16 bits per heavy atom. The topological polar surface area (TPSA) is 87.2 Å². The maximum absolute atomic E-state index is 14.0. The zero-order valence-corrected chi connectivity index (χ0v) is 19.9. The highest BCUT2D eigenvalue weighted by Gasteiger charge is 2.76. The second-order valence-corrected chi connectivity index (χ2v) is 10.5. The first-order valence-electron chi connectivity index (χ1n) is 11.5. The van der Waals surface area contributed by atoms with Gasteiger partial charge < -0.3 is 19.6 Å². The number of rotatable bonds is 10. The van der Waals surface area contributed by atoms with Gasteiger partial charge >= 0.3 is 5.97 Å². The normalized spacial score (nSPS) is 34.5. The van der Waals surface area contributed by atoms with Gasteiger partial charge in [-0.3, -0.25) is 14.4 Å². The van der Waals surface area contributed by atoms with Crippen molar-refractivity contribution in [2.45, 2.75) is 69.0 Å². The quantitative estimate of drug-likeness (QED) is 0.403. The second-order valence-electron chi connectivity index (χ2n) is 8.98. The predicted molar refractivity (Wildman–Crippen MR) is 120 cm³/mol. The van der Waals surface area contributed by atoms with E-state index in [0.29, 0.717) is 6.54 Å². The average Bonchev–Trinajstić information content (AvgIpc) is 3.31.